The lowest BCUT2D eigenvalue weighted by atomic mass is 10.0. The topological polar surface area (TPSA) is 42.6 Å². The highest BCUT2D eigenvalue weighted by atomic mass is 16.3. The van der Waals surface area contributed by atoms with E-state index in [9.17, 15) is 0 Å². The lowest BCUT2D eigenvalue weighted by molar-refractivity contribution is 0.669. The molecule has 0 N–H and O–H groups in total. The van der Waals surface area contributed by atoms with Crippen molar-refractivity contribution in [2.75, 3.05) is 9.80 Å². The molecule has 0 saturated heterocycles. The molecule has 0 spiro atoms. The largest absolute Gasteiger partial charge is 0.456 e. The summed E-state index contributed by atoms with van der Waals surface area (Å²) in [4.78, 5) is 4.65. The van der Waals surface area contributed by atoms with E-state index in [1.54, 1.807) is 0 Å². The molecule has 4 aromatic heterocycles. The number of benzene rings is 12. The van der Waals surface area contributed by atoms with E-state index >= 15 is 0 Å². The number of nitrogens with zero attached hydrogens (tertiary/aromatic N) is 4. The van der Waals surface area contributed by atoms with Crippen molar-refractivity contribution in [2.24, 2.45) is 0 Å². The average Bonchev–Trinajstić information content (AvgIpc) is 4.43. The molecule has 78 heavy (non-hydrogen) atoms. The molecule has 4 heterocycles. The van der Waals surface area contributed by atoms with Gasteiger partial charge in [0.05, 0.1) is 32.8 Å². The predicted molar refractivity (Wildman–Crippen MR) is 324 cm³/mol. The smallest absolute Gasteiger partial charge is 0.145 e. The first kappa shape index (κ1) is 43.8. The SMILES string of the molecule is c1ccc(N(c2ccccc2)c2ccc(-c3ccc(N(c4ccccc4)c4ccc5c6c7oc8c(ccc9c8c8ccccc8n9-c8ccc9oc%10ccccc%10c9c8)c7ccc6n(-c6ccccc6)c5c4)cc3)cc2)cc1. The molecule has 0 fully saturated rings. The van der Waals surface area contributed by atoms with Gasteiger partial charge in [0.1, 0.15) is 22.3 Å². The van der Waals surface area contributed by atoms with Crippen LogP contribution in [0.15, 0.2) is 288 Å². The van der Waals surface area contributed by atoms with Crippen LogP contribution in [-0.4, -0.2) is 9.13 Å². The van der Waals surface area contributed by atoms with Crippen molar-refractivity contribution in [2.45, 2.75) is 0 Å². The van der Waals surface area contributed by atoms with Crippen LogP contribution in [0.1, 0.15) is 0 Å². The van der Waals surface area contributed by atoms with Gasteiger partial charge in [0.15, 0.2) is 0 Å². The minimum atomic E-state index is 0.877. The second-order valence-corrected chi connectivity index (χ2v) is 20.0. The molecule has 16 rings (SSSR count). The molecule has 12 aromatic carbocycles. The Morgan fingerprint density at radius 1 is 0.244 bits per heavy atom. The quantitative estimate of drug-likeness (QED) is 0.145. The van der Waals surface area contributed by atoms with Crippen LogP contribution in [0.4, 0.5) is 34.1 Å². The molecule has 0 aliphatic rings. The van der Waals surface area contributed by atoms with E-state index in [0.717, 1.165) is 144 Å². The maximum Gasteiger partial charge on any atom is 0.145 e. The van der Waals surface area contributed by atoms with Gasteiger partial charge in [-0.15, -0.1) is 0 Å². The Balaban J connectivity index is 0.833. The third-order valence-electron chi connectivity index (χ3n) is 15.7. The minimum absolute atomic E-state index is 0.877. The van der Waals surface area contributed by atoms with Gasteiger partial charge < -0.3 is 27.8 Å². The van der Waals surface area contributed by atoms with E-state index in [-0.39, 0.29) is 0 Å². The molecule has 0 aliphatic carbocycles. The fraction of sp³-hybridized carbons (Fsp3) is 0. The lowest BCUT2D eigenvalue weighted by Gasteiger charge is -2.26. The Kier molecular flexibility index (Phi) is 9.84. The fourth-order valence-corrected chi connectivity index (χ4v) is 12.2. The number of furan rings is 2. The second kappa shape index (κ2) is 17.5. The summed E-state index contributed by atoms with van der Waals surface area (Å²) in [7, 11) is 0. The van der Waals surface area contributed by atoms with Crippen molar-refractivity contribution >= 4 is 122 Å². The second-order valence-electron chi connectivity index (χ2n) is 20.0. The Bertz CT molecular complexity index is 4900. The number of hydrogen-bond acceptors (Lipinski definition) is 4. The van der Waals surface area contributed by atoms with Crippen molar-refractivity contribution in [3.63, 3.8) is 0 Å². The predicted octanol–water partition coefficient (Wildman–Crippen LogP) is 20.3. The average molecular weight is 999 g/mol. The van der Waals surface area contributed by atoms with Crippen LogP contribution in [-0.2, 0) is 0 Å². The molecule has 6 nitrogen and oxygen atoms in total. The third-order valence-corrected chi connectivity index (χ3v) is 15.7. The Hall–Kier alpha value is -10.6. The number of rotatable bonds is 9. The van der Waals surface area contributed by atoms with Gasteiger partial charge in [0, 0.05) is 77.8 Å². The van der Waals surface area contributed by atoms with Crippen LogP contribution < -0.4 is 9.80 Å². The molecule has 6 heteroatoms. The highest BCUT2D eigenvalue weighted by Gasteiger charge is 2.24. The van der Waals surface area contributed by atoms with Crippen LogP contribution in [0.5, 0.6) is 0 Å². The van der Waals surface area contributed by atoms with Gasteiger partial charge in [-0.05, 0) is 157 Å². The summed E-state index contributed by atoms with van der Waals surface area (Å²) in [5.74, 6) is 0. The van der Waals surface area contributed by atoms with Crippen molar-refractivity contribution in [1.82, 2.24) is 9.13 Å². The fourth-order valence-electron chi connectivity index (χ4n) is 12.2. The van der Waals surface area contributed by atoms with E-state index in [0.29, 0.717) is 0 Å². The van der Waals surface area contributed by atoms with Gasteiger partial charge in [-0.2, -0.15) is 0 Å². The molecule has 0 saturated carbocycles. The van der Waals surface area contributed by atoms with Crippen molar-refractivity contribution in [3.8, 4) is 22.5 Å². The first-order valence-corrected chi connectivity index (χ1v) is 26.5. The summed E-state index contributed by atoms with van der Waals surface area (Å²) < 4.78 is 18.4. The first-order valence-electron chi connectivity index (χ1n) is 26.5. The van der Waals surface area contributed by atoms with Gasteiger partial charge in [0.2, 0.25) is 0 Å². The Morgan fingerprint density at radius 3 is 1.27 bits per heavy atom. The normalized spacial score (nSPS) is 11.8. The molecular formula is C72H46N4O2. The van der Waals surface area contributed by atoms with Crippen molar-refractivity contribution in [3.05, 3.63) is 279 Å². The highest BCUT2D eigenvalue weighted by molar-refractivity contribution is 6.29. The number of hydrogen-bond donors (Lipinski definition) is 0. The standard InChI is InChI=1S/C72H46N4O2/c1-5-17-49(18-6-1)73(50-19-7-2-8-20-50)53-33-29-47(30-34-53)48-31-35-54(36-32-48)74(51-21-9-3-10-22-51)56-37-39-61-66(46-56)75(52-23-11-4-12-24-52)64-42-40-59-58-41-43-65-69(71(58)78-72(59)70(61)64)60-26-13-15-27-63(60)76(65)55-38-44-68-62(45-55)57-25-14-16-28-67(57)77-68/h1-46H. The minimum Gasteiger partial charge on any atom is -0.456 e. The first-order chi connectivity index (χ1) is 38.7. The van der Waals surface area contributed by atoms with Gasteiger partial charge in [-0.25, -0.2) is 0 Å². The highest BCUT2D eigenvalue weighted by Crippen LogP contribution is 2.47. The number of para-hydroxylation sites is 6. The van der Waals surface area contributed by atoms with Crippen molar-refractivity contribution in [1.29, 1.82) is 0 Å². The van der Waals surface area contributed by atoms with Crippen LogP contribution in [0.3, 0.4) is 0 Å². The van der Waals surface area contributed by atoms with Crippen LogP contribution in [0.2, 0.25) is 0 Å². The van der Waals surface area contributed by atoms with Gasteiger partial charge in [0.25, 0.3) is 0 Å². The van der Waals surface area contributed by atoms with Crippen molar-refractivity contribution < 1.29 is 8.83 Å². The number of aromatic nitrogens is 2. The van der Waals surface area contributed by atoms with E-state index < -0.39 is 0 Å². The summed E-state index contributed by atoms with van der Waals surface area (Å²) in [6.45, 7) is 0. The van der Waals surface area contributed by atoms with Crippen LogP contribution in [0, 0.1) is 0 Å². The molecule has 0 aliphatic heterocycles. The summed E-state index contributed by atoms with van der Waals surface area (Å²) >= 11 is 0. The van der Waals surface area contributed by atoms with Gasteiger partial charge in [-0.3, -0.25) is 0 Å². The number of anilines is 6. The van der Waals surface area contributed by atoms with E-state index in [4.69, 9.17) is 8.83 Å². The van der Waals surface area contributed by atoms with Crippen LogP contribution >= 0.6 is 0 Å². The monoisotopic (exact) mass is 998 g/mol. The zero-order valence-electron chi connectivity index (χ0n) is 42.2. The maximum atomic E-state index is 7.38. The molecule has 0 radical (unpaired) electrons. The molecular weight excluding hydrogens is 953 g/mol. The molecule has 16 aromatic rings. The van der Waals surface area contributed by atoms with Crippen LogP contribution in [0.25, 0.3) is 110 Å². The molecule has 0 unspecified atom stereocenters. The van der Waals surface area contributed by atoms with E-state index in [1.165, 1.54) is 0 Å². The van der Waals surface area contributed by atoms with Gasteiger partial charge in [-0.1, -0.05) is 133 Å². The molecule has 0 amide bonds. The summed E-state index contributed by atoms with van der Waals surface area (Å²) in [6, 6.07) is 99.6. The molecule has 0 bridgehead atoms. The summed E-state index contributed by atoms with van der Waals surface area (Å²) in [5.41, 5.74) is 18.8. The summed E-state index contributed by atoms with van der Waals surface area (Å²) in [5, 5.41) is 8.82. The maximum absolute atomic E-state index is 7.38. The Labute approximate surface area is 448 Å². The van der Waals surface area contributed by atoms with Gasteiger partial charge >= 0.3 is 0 Å². The molecule has 366 valence electrons. The van der Waals surface area contributed by atoms with E-state index in [1.807, 2.05) is 12.1 Å². The Morgan fingerprint density at radius 2 is 0.679 bits per heavy atom. The zero-order valence-corrected chi connectivity index (χ0v) is 42.2. The third kappa shape index (κ3) is 6.83. The summed E-state index contributed by atoms with van der Waals surface area (Å²) in [6.07, 6.45) is 0. The van der Waals surface area contributed by atoms with E-state index in [2.05, 4.69) is 286 Å². The zero-order chi connectivity index (χ0) is 51.3. The number of fused-ring (bicyclic) bond motifs is 14. The molecule has 0 atom stereocenters. The lowest BCUT2D eigenvalue weighted by Crippen LogP contribution is -2.10.